The van der Waals surface area contributed by atoms with Gasteiger partial charge in [0.05, 0.1) is 18.8 Å². The van der Waals surface area contributed by atoms with Crippen LogP contribution < -0.4 is 0 Å². The Morgan fingerprint density at radius 3 is 2.63 bits per heavy atom. The molecule has 0 aliphatic carbocycles. The molecule has 0 unspecified atom stereocenters. The van der Waals surface area contributed by atoms with Crippen molar-refractivity contribution in [1.82, 2.24) is 24.2 Å². The number of carbonyl (C=O) groups is 1. The maximum Gasteiger partial charge on any atom is 0.410 e. The highest BCUT2D eigenvalue weighted by Gasteiger charge is 2.31. The number of hydrogen-bond acceptors (Lipinski definition) is 5. The summed E-state index contributed by atoms with van der Waals surface area (Å²) in [5.41, 5.74) is 6.12. The number of aromatic nitrogens is 4. The SMILES string of the molecule is Cc1cn(COCC[Si](C)(C)C)c2nccc(-c3c(-c4cccc(Cl)c4)nn4c3CN(C(=O)OC(C)(C)C)CC4)c12. The molecule has 1 aliphatic rings. The summed E-state index contributed by atoms with van der Waals surface area (Å²) in [4.78, 5) is 19.6. The first kappa shape index (κ1) is 29.4. The maximum atomic E-state index is 13.1. The van der Waals surface area contributed by atoms with Crippen LogP contribution in [0.1, 0.15) is 32.0 Å². The Morgan fingerprint density at radius 2 is 1.93 bits per heavy atom. The van der Waals surface area contributed by atoms with Crippen molar-refractivity contribution in [2.75, 3.05) is 13.2 Å². The molecule has 4 heterocycles. The molecule has 218 valence electrons. The molecule has 0 bridgehead atoms. The van der Waals surface area contributed by atoms with Crippen LogP contribution in [0.3, 0.4) is 0 Å². The summed E-state index contributed by atoms with van der Waals surface area (Å²) in [6.07, 6.45) is 3.63. The van der Waals surface area contributed by atoms with Crippen molar-refractivity contribution in [1.29, 1.82) is 0 Å². The molecule has 1 amide bonds. The van der Waals surface area contributed by atoms with E-state index in [0.717, 1.165) is 57.3 Å². The summed E-state index contributed by atoms with van der Waals surface area (Å²) in [5.74, 6) is 0. The van der Waals surface area contributed by atoms with E-state index in [1.165, 1.54) is 0 Å². The predicted molar refractivity (Wildman–Crippen MR) is 167 cm³/mol. The second-order valence-electron chi connectivity index (χ2n) is 13.0. The van der Waals surface area contributed by atoms with Crippen LogP contribution in [0.15, 0.2) is 42.7 Å². The predicted octanol–water partition coefficient (Wildman–Crippen LogP) is 7.59. The highest BCUT2D eigenvalue weighted by molar-refractivity contribution is 6.76. The summed E-state index contributed by atoms with van der Waals surface area (Å²) < 4.78 is 15.9. The molecule has 1 aromatic carbocycles. The number of nitrogens with zero attached hydrogens (tertiary/aromatic N) is 5. The first-order valence-electron chi connectivity index (χ1n) is 14.2. The molecule has 0 fully saturated rings. The van der Waals surface area contributed by atoms with Gasteiger partial charge >= 0.3 is 6.09 Å². The van der Waals surface area contributed by atoms with Crippen molar-refractivity contribution < 1.29 is 14.3 Å². The Labute approximate surface area is 248 Å². The second kappa shape index (κ2) is 11.3. The Bertz CT molecular complexity index is 1580. The number of hydrogen-bond donors (Lipinski definition) is 0. The van der Waals surface area contributed by atoms with E-state index in [2.05, 4.69) is 37.3 Å². The zero-order valence-electron chi connectivity index (χ0n) is 25.1. The van der Waals surface area contributed by atoms with Crippen LogP contribution in [-0.4, -0.2) is 57.2 Å². The van der Waals surface area contributed by atoms with Crippen molar-refractivity contribution in [2.45, 2.75) is 78.8 Å². The highest BCUT2D eigenvalue weighted by Crippen LogP contribution is 2.41. The van der Waals surface area contributed by atoms with E-state index in [4.69, 9.17) is 31.2 Å². The van der Waals surface area contributed by atoms with Gasteiger partial charge in [0.15, 0.2) is 0 Å². The average molecular weight is 594 g/mol. The van der Waals surface area contributed by atoms with E-state index in [-0.39, 0.29) is 6.09 Å². The van der Waals surface area contributed by atoms with Gasteiger partial charge in [0, 0.05) is 55.2 Å². The number of pyridine rings is 1. The van der Waals surface area contributed by atoms with E-state index in [9.17, 15) is 4.79 Å². The third-order valence-electron chi connectivity index (χ3n) is 7.17. The summed E-state index contributed by atoms with van der Waals surface area (Å²) in [6.45, 7) is 17.5. The van der Waals surface area contributed by atoms with Crippen LogP contribution >= 0.6 is 11.6 Å². The number of amides is 1. The van der Waals surface area contributed by atoms with Crippen molar-refractivity contribution in [2.24, 2.45) is 0 Å². The van der Waals surface area contributed by atoms with Crippen LogP contribution in [0.4, 0.5) is 4.79 Å². The molecule has 5 rings (SSSR count). The van der Waals surface area contributed by atoms with E-state index in [1.807, 2.05) is 62.0 Å². The summed E-state index contributed by atoms with van der Waals surface area (Å²) in [5, 5.41) is 6.76. The smallest absolute Gasteiger partial charge is 0.410 e. The molecule has 0 radical (unpaired) electrons. The fourth-order valence-corrected chi connectivity index (χ4v) is 6.13. The zero-order chi connectivity index (χ0) is 29.5. The number of fused-ring (bicyclic) bond motifs is 2. The quantitative estimate of drug-likeness (QED) is 0.163. The number of rotatable bonds is 7. The summed E-state index contributed by atoms with van der Waals surface area (Å²) in [7, 11) is -1.18. The Balaban J connectivity index is 1.60. The zero-order valence-corrected chi connectivity index (χ0v) is 26.9. The lowest BCUT2D eigenvalue weighted by Gasteiger charge is -2.31. The standard InChI is InChI=1S/C31H40ClN5O3Si/c1-21-18-36(20-39-15-16-41(5,6)7)29-26(21)24(11-12-33-29)27-25-19-35(30(38)40-31(2,3)4)13-14-37(25)34-28(27)22-9-8-10-23(32)17-22/h8-12,17-18H,13-16,19-20H2,1-7H3. The lowest BCUT2D eigenvalue weighted by molar-refractivity contribution is 0.0195. The van der Waals surface area contributed by atoms with Crippen molar-refractivity contribution in [3.05, 3.63) is 59.0 Å². The molecular weight excluding hydrogens is 554 g/mol. The van der Waals surface area contributed by atoms with Gasteiger partial charge in [0.1, 0.15) is 23.7 Å². The van der Waals surface area contributed by atoms with Crippen LogP contribution in [0.5, 0.6) is 0 Å². The summed E-state index contributed by atoms with van der Waals surface area (Å²) in [6, 6.07) is 10.9. The molecule has 0 atom stereocenters. The minimum Gasteiger partial charge on any atom is -0.444 e. The normalized spacial score (nSPS) is 14.0. The van der Waals surface area contributed by atoms with Gasteiger partial charge in [-0.25, -0.2) is 9.78 Å². The number of benzene rings is 1. The molecule has 3 aromatic heterocycles. The molecule has 41 heavy (non-hydrogen) atoms. The van der Waals surface area contributed by atoms with Crippen molar-refractivity contribution in [3.8, 4) is 22.4 Å². The number of ether oxygens (including phenoxy) is 2. The van der Waals surface area contributed by atoms with Crippen molar-refractivity contribution >= 4 is 36.8 Å². The second-order valence-corrected chi connectivity index (χ2v) is 19.1. The number of carbonyl (C=O) groups excluding carboxylic acids is 1. The molecular formula is C31H40ClN5O3Si. The lowest BCUT2D eigenvalue weighted by Crippen LogP contribution is -2.41. The minimum atomic E-state index is -1.18. The first-order valence-corrected chi connectivity index (χ1v) is 18.3. The van der Waals surface area contributed by atoms with Crippen LogP contribution in [0.2, 0.25) is 30.7 Å². The highest BCUT2D eigenvalue weighted by atomic mass is 35.5. The molecule has 8 nitrogen and oxygen atoms in total. The van der Waals surface area contributed by atoms with Gasteiger partial charge in [-0.1, -0.05) is 43.4 Å². The fourth-order valence-electron chi connectivity index (χ4n) is 5.19. The van der Waals surface area contributed by atoms with Gasteiger partial charge in [0.25, 0.3) is 0 Å². The lowest BCUT2D eigenvalue weighted by atomic mass is 9.95. The van der Waals surface area contributed by atoms with Crippen LogP contribution in [0, 0.1) is 6.92 Å². The topological polar surface area (TPSA) is 74.4 Å². The van der Waals surface area contributed by atoms with Gasteiger partial charge < -0.3 is 18.9 Å². The minimum absolute atomic E-state index is 0.321. The van der Waals surface area contributed by atoms with Gasteiger partial charge in [-0.15, -0.1) is 0 Å². The van der Waals surface area contributed by atoms with Gasteiger partial charge in [-0.2, -0.15) is 5.10 Å². The van der Waals surface area contributed by atoms with E-state index in [1.54, 1.807) is 4.90 Å². The Morgan fingerprint density at radius 1 is 1.15 bits per heavy atom. The summed E-state index contributed by atoms with van der Waals surface area (Å²) >= 11 is 6.43. The number of aryl methyl sites for hydroxylation is 1. The van der Waals surface area contributed by atoms with Crippen molar-refractivity contribution in [3.63, 3.8) is 0 Å². The maximum absolute atomic E-state index is 13.1. The first-order chi connectivity index (χ1) is 19.3. The van der Waals surface area contributed by atoms with Gasteiger partial charge in [0.2, 0.25) is 0 Å². The molecule has 0 saturated carbocycles. The molecule has 10 heteroatoms. The average Bonchev–Trinajstić information content (AvgIpc) is 3.42. The largest absolute Gasteiger partial charge is 0.444 e. The molecule has 1 aliphatic heterocycles. The Hall–Kier alpha value is -3.14. The molecule has 4 aromatic rings. The molecule has 0 saturated heterocycles. The van der Waals surface area contributed by atoms with Gasteiger partial charge in [-0.05, 0) is 63.1 Å². The Kier molecular flexibility index (Phi) is 8.07. The molecule has 0 N–H and O–H groups in total. The van der Waals surface area contributed by atoms with Crippen LogP contribution in [0.25, 0.3) is 33.4 Å². The van der Waals surface area contributed by atoms with Crippen LogP contribution in [-0.2, 0) is 29.3 Å². The fraction of sp³-hybridized carbons (Fsp3) is 0.452. The monoisotopic (exact) mass is 593 g/mol. The van der Waals surface area contributed by atoms with E-state index < -0.39 is 13.7 Å². The van der Waals surface area contributed by atoms with E-state index >= 15 is 0 Å². The number of halogens is 1. The molecule has 0 spiro atoms. The van der Waals surface area contributed by atoms with E-state index in [0.29, 0.717) is 31.4 Å². The third-order valence-corrected chi connectivity index (χ3v) is 9.11. The van der Waals surface area contributed by atoms with Gasteiger partial charge in [-0.3, -0.25) is 4.68 Å². The third kappa shape index (κ3) is 6.52.